The van der Waals surface area contributed by atoms with E-state index in [0.717, 1.165) is 12.8 Å². The summed E-state index contributed by atoms with van der Waals surface area (Å²) < 4.78 is 0. The van der Waals surface area contributed by atoms with Gasteiger partial charge in [-0.15, -0.1) is 0 Å². The van der Waals surface area contributed by atoms with Crippen LogP contribution >= 0.6 is 0 Å². The highest BCUT2D eigenvalue weighted by molar-refractivity contribution is 5.14. The topological polar surface area (TPSA) is 26.0 Å². The molecule has 0 aliphatic heterocycles. The second-order valence-electron chi connectivity index (χ2n) is 4.63. The van der Waals surface area contributed by atoms with Crippen LogP contribution in [0.4, 0.5) is 0 Å². The fourth-order valence-electron chi connectivity index (χ4n) is 1.97. The van der Waals surface area contributed by atoms with Crippen molar-refractivity contribution < 1.29 is 0 Å². The van der Waals surface area contributed by atoms with Crippen molar-refractivity contribution in [2.24, 2.45) is 5.73 Å². The van der Waals surface area contributed by atoms with Crippen LogP contribution in [0.2, 0.25) is 0 Å². The lowest BCUT2D eigenvalue weighted by Gasteiger charge is -2.11. The Morgan fingerprint density at radius 2 is 1.75 bits per heavy atom. The fourth-order valence-corrected chi connectivity index (χ4v) is 1.97. The summed E-state index contributed by atoms with van der Waals surface area (Å²) in [6.45, 7) is 2.25. The molecule has 0 saturated carbocycles. The highest BCUT2D eigenvalue weighted by Crippen LogP contribution is 2.09. The third-order valence-electron chi connectivity index (χ3n) is 3.08. The summed E-state index contributed by atoms with van der Waals surface area (Å²) in [5.41, 5.74) is 7.51. The number of rotatable bonds is 8. The summed E-state index contributed by atoms with van der Waals surface area (Å²) >= 11 is 0. The smallest absolute Gasteiger partial charge is 0.00419 e. The molecule has 1 nitrogen and oxygen atoms in total. The molecule has 1 rings (SSSR count). The maximum absolute atomic E-state index is 6.10. The lowest BCUT2D eigenvalue weighted by atomic mass is 10.0. The lowest BCUT2D eigenvalue weighted by molar-refractivity contribution is 0.521. The van der Waals surface area contributed by atoms with E-state index in [2.05, 4.69) is 37.3 Å². The number of hydrogen-bond acceptors (Lipinski definition) is 1. The summed E-state index contributed by atoms with van der Waals surface area (Å²) in [4.78, 5) is 0. The van der Waals surface area contributed by atoms with Gasteiger partial charge < -0.3 is 5.73 Å². The first kappa shape index (κ1) is 13.2. The van der Waals surface area contributed by atoms with Crippen LogP contribution in [0.25, 0.3) is 0 Å². The molecule has 0 radical (unpaired) electrons. The van der Waals surface area contributed by atoms with Gasteiger partial charge in [-0.25, -0.2) is 0 Å². The van der Waals surface area contributed by atoms with Crippen molar-refractivity contribution in [1.29, 1.82) is 0 Å². The number of unbranched alkanes of at least 4 members (excludes halogenated alkanes) is 3. The van der Waals surface area contributed by atoms with Crippen LogP contribution < -0.4 is 5.73 Å². The molecule has 1 aromatic carbocycles. The Balaban J connectivity index is 2.08. The highest BCUT2D eigenvalue weighted by atomic mass is 14.6. The molecule has 0 spiro atoms. The van der Waals surface area contributed by atoms with Crippen LogP contribution in [0, 0.1) is 0 Å². The molecule has 2 N–H and O–H groups in total. The molecule has 0 aliphatic rings. The molecule has 1 aromatic rings. The zero-order chi connectivity index (χ0) is 11.6. The third kappa shape index (κ3) is 5.92. The van der Waals surface area contributed by atoms with E-state index in [9.17, 15) is 0 Å². The van der Waals surface area contributed by atoms with E-state index in [-0.39, 0.29) is 0 Å². The molecule has 16 heavy (non-hydrogen) atoms. The number of aryl methyl sites for hydroxylation is 1. The average molecular weight is 219 g/mol. The van der Waals surface area contributed by atoms with Crippen molar-refractivity contribution in [3.8, 4) is 0 Å². The van der Waals surface area contributed by atoms with Crippen LogP contribution in [-0.2, 0) is 6.42 Å². The second-order valence-corrected chi connectivity index (χ2v) is 4.63. The predicted molar refractivity (Wildman–Crippen MR) is 71.5 cm³/mol. The van der Waals surface area contributed by atoms with Crippen LogP contribution in [-0.4, -0.2) is 6.04 Å². The second kappa shape index (κ2) is 8.35. The monoisotopic (exact) mass is 219 g/mol. The van der Waals surface area contributed by atoms with Crippen molar-refractivity contribution in [1.82, 2.24) is 0 Å². The minimum atomic E-state index is 0.386. The molecule has 1 heteroatoms. The van der Waals surface area contributed by atoms with Crippen LogP contribution in [0.15, 0.2) is 30.3 Å². The van der Waals surface area contributed by atoms with Gasteiger partial charge in [-0.2, -0.15) is 0 Å². The van der Waals surface area contributed by atoms with Crippen molar-refractivity contribution in [3.63, 3.8) is 0 Å². The quantitative estimate of drug-likeness (QED) is 0.659. The highest BCUT2D eigenvalue weighted by Gasteiger charge is 2.02. The molecular weight excluding hydrogens is 194 g/mol. The normalized spacial score (nSPS) is 12.6. The Bertz CT molecular complexity index is 255. The van der Waals surface area contributed by atoms with Gasteiger partial charge in [0.15, 0.2) is 0 Å². The molecule has 0 fully saturated rings. The van der Waals surface area contributed by atoms with Crippen LogP contribution in [0.3, 0.4) is 0 Å². The van der Waals surface area contributed by atoms with Crippen molar-refractivity contribution in [2.75, 3.05) is 0 Å². The SMILES string of the molecule is CCCCCC[C@@H](N)CCc1ccccc1. The van der Waals surface area contributed by atoms with Gasteiger partial charge in [0.1, 0.15) is 0 Å². The molecule has 0 aromatic heterocycles. The first-order valence-electron chi connectivity index (χ1n) is 6.62. The van der Waals surface area contributed by atoms with E-state index >= 15 is 0 Å². The van der Waals surface area contributed by atoms with Gasteiger partial charge in [-0.1, -0.05) is 62.9 Å². The summed E-state index contributed by atoms with van der Waals surface area (Å²) in [5.74, 6) is 0. The Hall–Kier alpha value is -0.820. The van der Waals surface area contributed by atoms with Gasteiger partial charge >= 0.3 is 0 Å². The van der Waals surface area contributed by atoms with E-state index < -0.39 is 0 Å². The van der Waals surface area contributed by atoms with Gasteiger partial charge in [0.05, 0.1) is 0 Å². The largest absolute Gasteiger partial charge is 0.328 e. The maximum atomic E-state index is 6.10. The molecule has 0 aliphatic carbocycles. The van der Waals surface area contributed by atoms with Crippen molar-refractivity contribution >= 4 is 0 Å². The minimum Gasteiger partial charge on any atom is -0.328 e. The van der Waals surface area contributed by atoms with Gasteiger partial charge in [-0.3, -0.25) is 0 Å². The van der Waals surface area contributed by atoms with Crippen molar-refractivity contribution in [3.05, 3.63) is 35.9 Å². The fraction of sp³-hybridized carbons (Fsp3) is 0.600. The van der Waals surface area contributed by atoms with Gasteiger partial charge in [0.2, 0.25) is 0 Å². The number of benzene rings is 1. The Morgan fingerprint density at radius 1 is 1.00 bits per heavy atom. The molecule has 0 heterocycles. The first-order valence-corrected chi connectivity index (χ1v) is 6.62. The minimum absolute atomic E-state index is 0.386. The Labute approximate surface area is 100 Å². The summed E-state index contributed by atoms with van der Waals surface area (Å²) in [6, 6.07) is 11.0. The maximum Gasteiger partial charge on any atom is 0.00419 e. The zero-order valence-corrected chi connectivity index (χ0v) is 10.5. The van der Waals surface area contributed by atoms with Crippen LogP contribution in [0.5, 0.6) is 0 Å². The van der Waals surface area contributed by atoms with Gasteiger partial charge in [0.25, 0.3) is 0 Å². The number of hydrogen-bond donors (Lipinski definition) is 1. The predicted octanol–water partition coefficient (Wildman–Crippen LogP) is 3.92. The standard InChI is InChI=1S/C15H25N/c1-2-3-4-8-11-15(16)13-12-14-9-6-5-7-10-14/h5-7,9-10,15H,2-4,8,11-13,16H2,1H3/t15-/m1/s1. The van der Waals surface area contributed by atoms with Gasteiger partial charge in [0, 0.05) is 6.04 Å². The van der Waals surface area contributed by atoms with E-state index in [0.29, 0.717) is 6.04 Å². The van der Waals surface area contributed by atoms with E-state index in [4.69, 9.17) is 5.73 Å². The van der Waals surface area contributed by atoms with Gasteiger partial charge in [-0.05, 0) is 24.8 Å². The molecule has 0 saturated heterocycles. The van der Waals surface area contributed by atoms with E-state index in [1.165, 1.54) is 37.7 Å². The molecule has 0 bridgehead atoms. The summed E-state index contributed by atoms with van der Waals surface area (Å²) in [6.07, 6.45) is 8.72. The molecule has 0 amide bonds. The molecule has 90 valence electrons. The lowest BCUT2D eigenvalue weighted by Crippen LogP contribution is -2.20. The molecular formula is C15H25N. The zero-order valence-electron chi connectivity index (χ0n) is 10.5. The van der Waals surface area contributed by atoms with Crippen LogP contribution in [0.1, 0.15) is 51.0 Å². The first-order chi connectivity index (χ1) is 7.83. The molecule has 1 atom stereocenters. The van der Waals surface area contributed by atoms with E-state index in [1.807, 2.05) is 0 Å². The van der Waals surface area contributed by atoms with E-state index in [1.54, 1.807) is 0 Å². The summed E-state index contributed by atoms with van der Waals surface area (Å²) in [7, 11) is 0. The number of nitrogens with two attached hydrogens (primary N) is 1. The van der Waals surface area contributed by atoms with Crippen molar-refractivity contribution in [2.45, 2.75) is 57.9 Å². The Kier molecular flexibility index (Phi) is 6.91. The average Bonchev–Trinajstić information content (AvgIpc) is 2.33. The third-order valence-corrected chi connectivity index (χ3v) is 3.08. The summed E-state index contributed by atoms with van der Waals surface area (Å²) in [5, 5.41) is 0. The Morgan fingerprint density at radius 3 is 2.44 bits per heavy atom. The molecule has 0 unspecified atom stereocenters.